The molecule has 3 amide bonds. The second kappa shape index (κ2) is 7.03. The lowest BCUT2D eigenvalue weighted by atomic mass is 10.1. The van der Waals surface area contributed by atoms with Gasteiger partial charge in [0.2, 0.25) is 0 Å². The van der Waals surface area contributed by atoms with Crippen molar-refractivity contribution in [3.05, 3.63) is 48.2 Å². The van der Waals surface area contributed by atoms with Crippen LogP contribution in [0.5, 0.6) is 0 Å². The van der Waals surface area contributed by atoms with Crippen LogP contribution in [-0.4, -0.2) is 45.6 Å². The Morgan fingerprint density at radius 2 is 1.64 bits per heavy atom. The minimum absolute atomic E-state index is 0.0204. The number of nitrogens with zero attached hydrogens (tertiary/aromatic N) is 3. The number of amides is 3. The number of hydrogen-bond donors (Lipinski definition) is 0. The van der Waals surface area contributed by atoms with E-state index >= 15 is 0 Å². The zero-order chi connectivity index (χ0) is 24.9. The molecule has 2 heterocycles. The first-order valence-corrected chi connectivity index (χ1v) is 10.5. The van der Waals surface area contributed by atoms with Gasteiger partial charge in [0, 0.05) is 18.3 Å². The molecular weight excluding hydrogens is 494 g/mol. The Labute approximate surface area is 179 Å². The molecule has 7 nitrogen and oxygen atoms in total. The molecule has 2 aromatic rings. The van der Waals surface area contributed by atoms with E-state index in [9.17, 15) is 47.0 Å². The number of hydroxylamine groups is 2. The quantitative estimate of drug-likeness (QED) is 0.413. The lowest BCUT2D eigenvalue weighted by Crippen LogP contribution is -2.39. The van der Waals surface area contributed by atoms with Crippen LogP contribution >= 0.6 is 10.2 Å². The molecule has 0 spiro atoms. The van der Waals surface area contributed by atoms with Crippen molar-refractivity contribution >= 4 is 28.1 Å². The van der Waals surface area contributed by atoms with Gasteiger partial charge in [-0.1, -0.05) is 36.6 Å². The highest BCUT2D eigenvalue weighted by Gasteiger charge is 2.65. The Morgan fingerprint density at radius 1 is 1.03 bits per heavy atom. The van der Waals surface area contributed by atoms with Crippen LogP contribution in [0.1, 0.15) is 5.56 Å². The van der Waals surface area contributed by atoms with Crippen LogP contribution in [0, 0.1) is 0 Å². The Hall–Kier alpha value is -3.43. The summed E-state index contributed by atoms with van der Waals surface area (Å²) >= 11 is 0. The molecule has 1 saturated heterocycles. The van der Waals surface area contributed by atoms with Crippen LogP contribution in [-0.2, 0) is 21.0 Å². The fraction of sp³-hybridized carbons (Fsp3) is 0.176. The lowest BCUT2D eigenvalue weighted by Gasteiger charge is -2.40. The highest BCUT2D eigenvalue weighted by Crippen LogP contribution is 3.02. The van der Waals surface area contributed by atoms with Crippen LogP contribution in [0.3, 0.4) is 0 Å². The summed E-state index contributed by atoms with van der Waals surface area (Å²) in [6, 6.07) is 3.16. The summed E-state index contributed by atoms with van der Waals surface area (Å²) in [6.45, 7) is -1.09. The summed E-state index contributed by atoms with van der Waals surface area (Å²) in [5.74, 6) is -4.01. The second-order valence-corrected chi connectivity index (χ2v) is 9.16. The van der Waals surface area contributed by atoms with Crippen molar-refractivity contribution in [3.63, 3.8) is 0 Å². The molecule has 0 atom stereocenters. The number of carbonyl (C=O) groups excluding carboxylic acids is 3. The molecule has 16 heteroatoms. The Bertz CT molecular complexity index is 1140. The smallest absolute Gasteiger partial charge is 0.320 e. The molecule has 0 saturated carbocycles. The van der Waals surface area contributed by atoms with Crippen LogP contribution in [0.4, 0.5) is 37.4 Å². The van der Waals surface area contributed by atoms with Gasteiger partial charge in [-0.25, -0.2) is 9.59 Å². The van der Waals surface area contributed by atoms with Crippen molar-refractivity contribution in [2.75, 3.05) is 6.54 Å². The van der Waals surface area contributed by atoms with Gasteiger partial charge < -0.3 is 9.74 Å². The Morgan fingerprint density at radius 3 is 2.18 bits per heavy atom. The lowest BCUT2D eigenvalue weighted by molar-refractivity contribution is -0.225. The number of imide groups is 1. The van der Waals surface area contributed by atoms with Gasteiger partial charge in [-0.2, -0.15) is 13.2 Å². The first-order chi connectivity index (χ1) is 14.8. The zero-order valence-corrected chi connectivity index (χ0v) is 16.7. The average Bonchev–Trinajstić information content (AvgIpc) is 2.93. The van der Waals surface area contributed by atoms with E-state index in [0.717, 1.165) is 17.0 Å². The molecular formula is C17H11F8N3O4S. The minimum atomic E-state index is -9.86. The number of hydrogen-bond acceptors (Lipinski definition) is 5. The summed E-state index contributed by atoms with van der Waals surface area (Å²) in [5, 5.41) is -0.337. The SMILES string of the molecule is O=C1CN(Cc2ccnc(-c3ccc(S(F)(F)(F)(F)F)cc3)c2)C(=O)N1OC(=O)C(F)(F)F. The third-order valence-electron chi connectivity index (χ3n) is 4.20. The van der Waals surface area contributed by atoms with Crippen molar-refractivity contribution in [1.82, 2.24) is 14.9 Å². The van der Waals surface area contributed by atoms with Crippen molar-refractivity contribution < 1.29 is 51.8 Å². The monoisotopic (exact) mass is 505 g/mol. The predicted octanol–water partition coefficient (Wildman–Crippen LogP) is 5.19. The number of urea groups is 1. The van der Waals surface area contributed by atoms with Gasteiger partial charge >= 0.3 is 28.4 Å². The molecule has 0 radical (unpaired) electrons. The molecule has 1 fully saturated rings. The summed E-state index contributed by atoms with van der Waals surface area (Å²) in [6.07, 6.45) is -4.27. The van der Waals surface area contributed by atoms with E-state index in [0.29, 0.717) is 0 Å². The van der Waals surface area contributed by atoms with Gasteiger partial charge in [0.1, 0.15) is 11.4 Å². The third kappa shape index (κ3) is 5.50. The summed E-state index contributed by atoms with van der Waals surface area (Å²) in [7, 11) is -9.86. The number of aromatic nitrogens is 1. The maximum Gasteiger partial charge on any atom is 0.493 e. The van der Waals surface area contributed by atoms with E-state index in [4.69, 9.17) is 0 Å². The number of pyridine rings is 1. The largest absolute Gasteiger partial charge is 0.493 e. The van der Waals surface area contributed by atoms with E-state index in [1.165, 1.54) is 18.3 Å². The molecule has 3 rings (SSSR count). The van der Waals surface area contributed by atoms with Gasteiger partial charge in [0.05, 0.1) is 5.69 Å². The van der Waals surface area contributed by atoms with E-state index in [1.807, 2.05) is 0 Å². The molecule has 33 heavy (non-hydrogen) atoms. The van der Waals surface area contributed by atoms with Crippen LogP contribution < -0.4 is 0 Å². The average molecular weight is 505 g/mol. The summed E-state index contributed by atoms with van der Waals surface area (Å²) < 4.78 is 101. The van der Waals surface area contributed by atoms with E-state index < -0.39 is 45.7 Å². The molecule has 0 unspecified atom stereocenters. The summed E-state index contributed by atoms with van der Waals surface area (Å²) in [4.78, 5) is 41.1. The van der Waals surface area contributed by atoms with Crippen LogP contribution in [0.2, 0.25) is 0 Å². The Kier molecular flexibility index (Phi) is 5.16. The number of benzene rings is 1. The first kappa shape index (κ1) is 24.2. The normalized spacial score (nSPS) is 17.1. The molecule has 0 aliphatic carbocycles. The zero-order valence-electron chi connectivity index (χ0n) is 15.9. The number of rotatable bonds is 5. The predicted molar refractivity (Wildman–Crippen MR) is 95.9 cm³/mol. The van der Waals surface area contributed by atoms with Crippen molar-refractivity contribution in [1.29, 1.82) is 0 Å². The molecule has 1 aliphatic rings. The van der Waals surface area contributed by atoms with Crippen molar-refractivity contribution in [2.24, 2.45) is 0 Å². The molecule has 0 N–H and O–H groups in total. The van der Waals surface area contributed by atoms with E-state index in [-0.39, 0.29) is 40.6 Å². The van der Waals surface area contributed by atoms with Gasteiger partial charge in [-0.05, 0) is 29.8 Å². The minimum Gasteiger partial charge on any atom is -0.320 e. The van der Waals surface area contributed by atoms with E-state index in [2.05, 4.69) is 9.82 Å². The van der Waals surface area contributed by atoms with Gasteiger partial charge in [0.25, 0.3) is 5.91 Å². The van der Waals surface area contributed by atoms with E-state index in [1.54, 1.807) is 0 Å². The highest BCUT2D eigenvalue weighted by atomic mass is 32.5. The fourth-order valence-electron chi connectivity index (χ4n) is 2.71. The molecule has 1 aliphatic heterocycles. The molecule has 0 bridgehead atoms. The van der Waals surface area contributed by atoms with Crippen LogP contribution in [0.15, 0.2) is 47.5 Å². The first-order valence-electron chi connectivity index (χ1n) is 8.55. The fourth-order valence-corrected chi connectivity index (χ4v) is 3.36. The maximum absolute atomic E-state index is 12.8. The maximum atomic E-state index is 12.8. The number of carbonyl (C=O) groups is 3. The highest BCUT2D eigenvalue weighted by molar-refractivity contribution is 8.45. The van der Waals surface area contributed by atoms with Gasteiger partial charge in [-0.15, -0.1) is 0 Å². The number of halogens is 8. The standard InChI is InChI=1S/C17H11F8N3O4S/c18-17(19,20)15(30)32-28-14(29)9-27(16(28)31)8-10-5-6-26-13(7-10)11-1-3-12(4-2-11)33(21,22,23,24)25/h1-7H,8-9H2. The second-order valence-electron chi connectivity index (χ2n) is 6.75. The van der Waals surface area contributed by atoms with Gasteiger partial charge in [0.15, 0.2) is 0 Å². The molecule has 180 valence electrons. The van der Waals surface area contributed by atoms with Gasteiger partial charge in [-0.3, -0.25) is 9.78 Å². The molecule has 1 aromatic heterocycles. The summed E-state index contributed by atoms with van der Waals surface area (Å²) in [5.41, 5.74) is 0.286. The topological polar surface area (TPSA) is 79.8 Å². The third-order valence-corrected chi connectivity index (χ3v) is 5.36. The van der Waals surface area contributed by atoms with Crippen molar-refractivity contribution in [2.45, 2.75) is 17.6 Å². The molecule has 1 aromatic carbocycles. The van der Waals surface area contributed by atoms with Crippen molar-refractivity contribution in [3.8, 4) is 11.3 Å². The number of alkyl halides is 3. The Balaban J connectivity index is 1.77. The van der Waals surface area contributed by atoms with Crippen LogP contribution in [0.25, 0.3) is 11.3 Å².